The summed E-state index contributed by atoms with van der Waals surface area (Å²) in [7, 11) is 0. The van der Waals surface area contributed by atoms with Gasteiger partial charge < -0.3 is 15.4 Å². The first-order valence-electron chi connectivity index (χ1n) is 9.46. The van der Waals surface area contributed by atoms with Crippen molar-refractivity contribution in [2.24, 2.45) is 0 Å². The maximum Gasteiger partial charge on any atom is 0.573 e. The van der Waals surface area contributed by atoms with Gasteiger partial charge in [0.1, 0.15) is 5.75 Å². The maximum absolute atomic E-state index is 12.5. The molecule has 0 bridgehead atoms. The van der Waals surface area contributed by atoms with Crippen molar-refractivity contribution in [1.29, 1.82) is 0 Å². The molecule has 29 heavy (non-hydrogen) atoms. The van der Waals surface area contributed by atoms with Crippen molar-refractivity contribution in [3.05, 3.63) is 24.3 Å². The molecule has 1 aliphatic heterocycles. The van der Waals surface area contributed by atoms with Gasteiger partial charge in [0.25, 0.3) is 0 Å². The van der Waals surface area contributed by atoms with Crippen LogP contribution in [0.5, 0.6) is 5.75 Å². The van der Waals surface area contributed by atoms with E-state index in [1.54, 1.807) is 6.92 Å². The number of nitrogens with zero attached hydrogens (tertiary/aromatic N) is 2. The third-order valence-corrected chi connectivity index (χ3v) is 4.51. The van der Waals surface area contributed by atoms with E-state index in [9.17, 15) is 22.8 Å². The SMILES string of the molecule is CC(C)NC(=O)CN1CCN(C(C)C(=O)Nc2ccc(OC(F)(F)F)cc2)CC1. The van der Waals surface area contributed by atoms with Gasteiger partial charge >= 0.3 is 6.36 Å². The molecule has 0 spiro atoms. The van der Waals surface area contributed by atoms with E-state index in [2.05, 4.69) is 15.4 Å². The summed E-state index contributed by atoms with van der Waals surface area (Å²) in [4.78, 5) is 28.4. The standard InChI is InChI=1S/C19H27F3N4O3/c1-13(2)23-17(27)12-25-8-10-26(11-9-25)14(3)18(28)24-15-4-6-16(7-5-15)29-19(20,21)22/h4-7,13-14H,8-12H2,1-3H3,(H,23,27)(H,24,28). The first-order valence-corrected chi connectivity index (χ1v) is 9.46. The number of carbonyl (C=O) groups is 2. The molecule has 1 saturated heterocycles. The van der Waals surface area contributed by atoms with Crippen LogP contribution in [0.15, 0.2) is 24.3 Å². The van der Waals surface area contributed by atoms with Crippen LogP contribution in [-0.2, 0) is 9.59 Å². The van der Waals surface area contributed by atoms with Crippen LogP contribution in [0.25, 0.3) is 0 Å². The Kier molecular flexibility index (Phi) is 7.86. The monoisotopic (exact) mass is 416 g/mol. The molecule has 0 aromatic heterocycles. The second-order valence-corrected chi connectivity index (χ2v) is 7.27. The zero-order valence-electron chi connectivity index (χ0n) is 16.8. The summed E-state index contributed by atoms with van der Waals surface area (Å²) >= 11 is 0. The predicted octanol–water partition coefficient (Wildman–Crippen LogP) is 2.05. The number of hydrogen-bond acceptors (Lipinski definition) is 5. The number of carbonyl (C=O) groups excluding carboxylic acids is 2. The number of halogens is 3. The highest BCUT2D eigenvalue weighted by molar-refractivity contribution is 5.94. The third-order valence-electron chi connectivity index (χ3n) is 4.51. The largest absolute Gasteiger partial charge is 0.573 e. The minimum Gasteiger partial charge on any atom is -0.406 e. The van der Waals surface area contributed by atoms with Crippen molar-refractivity contribution in [1.82, 2.24) is 15.1 Å². The Hall–Kier alpha value is -2.33. The highest BCUT2D eigenvalue weighted by Crippen LogP contribution is 2.24. The van der Waals surface area contributed by atoms with E-state index in [0.717, 1.165) is 12.1 Å². The number of amides is 2. The third kappa shape index (κ3) is 7.90. The lowest BCUT2D eigenvalue weighted by Gasteiger charge is -2.37. The van der Waals surface area contributed by atoms with Crippen molar-refractivity contribution >= 4 is 17.5 Å². The average Bonchev–Trinajstić information content (AvgIpc) is 2.61. The van der Waals surface area contributed by atoms with E-state index in [1.807, 2.05) is 23.6 Å². The Morgan fingerprint density at radius 2 is 1.66 bits per heavy atom. The smallest absolute Gasteiger partial charge is 0.406 e. The number of benzene rings is 1. The minimum atomic E-state index is -4.75. The fourth-order valence-corrected chi connectivity index (χ4v) is 3.03. The average molecular weight is 416 g/mol. The molecule has 2 rings (SSSR count). The molecule has 0 aliphatic carbocycles. The molecule has 2 amide bonds. The molecule has 2 N–H and O–H groups in total. The van der Waals surface area contributed by atoms with Crippen LogP contribution >= 0.6 is 0 Å². The van der Waals surface area contributed by atoms with Crippen LogP contribution in [0.3, 0.4) is 0 Å². The normalized spacial score (nSPS) is 17.1. The quantitative estimate of drug-likeness (QED) is 0.712. The second kappa shape index (κ2) is 9.93. The highest BCUT2D eigenvalue weighted by atomic mass is 19.4. The minimum absolute atomic E-state index is 0.0165. The zero-order chi connectivity index (χ0) is 21.6. The molecule has 1 aromatic rings. The first-order chi connectivity index (χ1) is 13.5. The van der Waals surface area contributed by atoms with Gasteiger partial charge in [-0.1, -0.05) is 0 Å². The van der Waals surface area contributed by atoms with Crippen LogP contribution in [0.2, 0.25) is 0 Å². The van der Waals surface area contributed by atoms with E-state index in [0.29, 0.717) is 38.4 Å². The summed E-state index contributed by atoms with van der Waals surface area (Å²) in [6.07, 6.45) is -4.75. The van der Waals surface area contributed by atoms with Crippen LogP contribution in [0, 0.1) is 0 Å². The lowest BCUT2D eigenvalue weighted by molar-refractivity contribution is -0.274. The van der Waals surface area contributed by atoms with Crippen molar-refractivity contribution in [2.75, 3.05) is 38.0 Å². The summed E-state index contributed by atoms with van der Waals surface area (Å²) in [6, 6.07) is 4.70. The summed E-state index contributed by atoms with van der Waals surface area (Å²) < 4.78 is 40.4. The predicted molar refractivity (Wildman–Crippen MR) is 103 cm³/mol. The lowest BCUT2D eigenvalue weighted by Crippen LogP contribution is -2.54. The van der Waals surface area contributed by atoms with Gasteiger partial charge in [0.05, 0.1) is 12.6 Å². The van der Waals surface area contributed by atoms with E-state index in [1.165, 1.54) is 12.1 Å². The molecule has 1 atom stereocenters. The molecule has 1 unspecified atom stereocenters. The zero-order valence-corrected chi connectivity index (χ0v) is 16.8. The van der Waals surface area contributed by atoms with Gasteiger partial charge in [-0.15, -0.1) is 13.2 Å². The van der Waals surface area contributed by atoms with Gasteiger partial charge in [0, 0.05) is 37.9 Å². The Bertz CT molecular complexity index is 687. The lowest BCUT2D eigenvalue weighted by atomic mass is 10.2. The maximum atomic E-state index is 12.5. The fraction of sp³-hybridized carbons (Fsp3) is 0.579. The van der Waals surface area contributed by atoms with E-state index in [4.69, 9.17) is 0 Å². The Morgan fingerprint density at radius 1 is 1.07 bits per heavy atom. The second-order valence-electron chi connectivity index (χ2n) is 7.27. The highest BCUT2D eigenvalue weighted by Gasteiger charge is 2.31. The topological polar surface area (TPSA) is 73.9 Å². The van der Waals surface area contributed by atoms with E-state index >= 15 is 0 Å². The van der Waals surface area contributed by atoms with Crippen LogP contribution in [0.1, 0.15) is 20.8 Å². The summed E-state index contributed by atoms with van der Waals surface area (Å²) in [5, 5.41) is 5.56. The first kappa shape index (κ1) is 23.0. The van der Waals surface area contributed by atoms with Gasteiger partial charge in [0.15, 0.2) is 0 Å². The molecule has 7 nitrogen and oxygen atoms in total. The molecule has 1 fully saturated rings. The Labute approximate surface area is 168 Å². The molecule has 162 valence electrons. The summed E-state index contributed by atoms with van der Waals surface area (Å²) in [5.74, 6) is -0.612. The van der Waals surface area contributed by atoms with Crippen LogP contribution in [-0.4, -0.2) is 72.8 Å². The van der Waals surface area contributed by atoms with Crippen molar-refractivity contribution in [3.63, 3.8) is 0 Å². The van der Waals surface area contributed by atoms with Crippen molar-refractivity contribution < 1.29 is 27.5 Å². The van der Waals surface area contributed by atoms with Crippen molar-refractivity contribution in [3.8, 4) is 5.75 Å². The van der Waals surface area contributed by atoms with Gasteiger partial charge in [-0.2, -0.15) is 0 Å². The Balaban J connectivity index is 1.80. The van der Waals surface area contributed by atoms with Crippen LogP contribution in [0.4, 0.5) is 18.9 Å². The molecule has 10 heteroatoms. The molecule has 1 aromatic carbocycles. The number of nitrogens with one attached hydrogen (secondary N) is 2. The summed E-state index contributed by atoms with van der Waals surface area (Å²) in [5.41, 5.74) is 0.389. The fourth-order valence-electron chi connectivity index (χ4n) is 3.03. The number of piperazine rings is 1. The summed E-state index contributed by atoms with van der Waals surface area (Å²) in [6.45, 7) is 8.56. The molecular weight excluding hydrogens is 389 g/mol. The molecule has 1 aliphatic rings. The van der Waals surface area contributed by atoms with E-state index < -0.39 is 12.4 Å². The van der Waals surface area contributed by atoms with Crippen LogP contribution < -0.4 is 15.4 Å². The van der Waals surface area contributed by atoms with E-state index in [-0.39, 0.29) is 23.6 Å². The molecular formula is C19H27F3N4O3. The van der Waals surface area contributed by atoms with Gasteiger partial charge in [-0.05, 0) is 45.0 Å². The molecule has 0 saturated carbocycles. The number of hydrogen-bond donors (Lipinski definition) is 2. The van der Waals surface area contributed by atoms with Gasteiger partial charge in [-0.25, -0.2) is 0 Å². The van der Waals surface area contributed by atoms with Gasteiger partial charge in [0.2, 0.25) is 11.8 Å². The number of ether oxygens (including phenoxy) is 1. The molecule has 1 heterocycles. The number of anilines is 1. The van der Waals surface area contributed by atoms with Gasteiger partial charge in [-0.3, -0.25) is 19.4 Å². The number of alkyl halides is 3. The molecule has 0 radical (unpaired) electrons. The van der Waals surface area contributed by atoms with Crippen molar-refractivity contribution in [2.45, 2.75) is 39.2 Å². The Morgan fingerprint density at radius 3 is 2.17 bits per heavy atom. The number of rotatable bonds is 7.